The molecule has 1 saturated heterocycles. The van der Waals surface area contributed by atoms with Crippen molar-refractivity contribution < 1.29 is 22.8 Å². The maximum atomic E-state index is 12.4. The maximum Gasteiger partial charge on any atom is 0.318 e. The molecule has 1 fully saturated rings. The van der Waals surface area contributed by atoms with Gasteiger partial charge in [0.2, 0.25) is 21.8 Å². The number of nitrogens with two attached hydrogens (primary N) is 2. The van der Waals surface area contributed by atoms with E-state index in [1.54, 1.807) is 0 Å². The highest BCUT2D eigenvalue weighted by Crippen LogP contribution is 2.20. The Morgan fingerprint density at radius 1 is 1.11 bits per heavy atom. The Labute approximate surface area is 157 Å². The van der Waals surface area contributed by atoms with Crippen molar-refractivity contribution in [3.8, 4) is 0 Å². The van der Waals surface area contributed by atoms with Crippen LogP contribution in [-0.2, 0) is 19.6 Å². The van der Waals surface area contributed by atoms with E-state index in [1.165, 1.54) is 24.3 Å². The van der Waals surface area contributed by atoms with Crippen molar-refractivity contribution in [2.75, 3.05) is 25.0 Å². The molecule has 4 amide bonds. The van der Waals surface area contributed by atoms with E-state index in [1.807, 2.05) is 10.2 Å². The topological polar surface area (TPSA) is 165 Å². The van der Waals surface area contributed by atoms with Gasteiger partial charge in [0.05, 0.1) is 4.90 Å². The van der Waals surface area contributed by atoms with Crippen LogP contribution in [0, 0.1) is 5.92 Å². The maximum absolute atomic E-state index is 12.4. The van der Waals surface area contributed by atoms with Crippen molar-refractivity contribution in [3.63, 3.8) is 0 Å². The highest BCUT2D eigenvalue weighted by molar-refractivity contribution is 7.89. The number of primary sulfonamides is 1. The van der Waals surface area contributed by atoms with Gasteiger partial charge in [0.1, 0.15) is 0 Å². The largest absolute Gasteiger partial charge is 0.351 e. The minimum atomic E-state index is -3.77. The number of primary amides is 1. The number of nitrogens with one attached hydrogen (secondary N) is 2. The van der Waals surface area contributed by atoms with Crippen LogP contribution in [-0.4, -0.2) is 50.8 Å². The predicted octanol–water partition coefficient (Wildman–Crippen LogP) is -0.430. The molecule has 1 aromatic rings. The fourth-order valence-electron chi connectivity index (χ4n) is 2.85. The molecular formula is C16H23N5O5S. The van der Waals surface area contributed by atoms with Crippen molar-refractivity contribution in [3.05, 3.63) is 24.3 Å². The molecule has 0 aromatic heterocycles. The number of imide groups is 1. The van der Waals surface area contributed by atoms with Crippen LogP contribution in [0.1, 0.15) is 19.3 Å². The third kappa shape index (κ3) is 6.62. The highest BCUT2D eigenvalue weighted by atomic mass is 32.2. The molecule has 1 heterocycles. The second-order valence-corrected chi connectivity index (χ2v) is 7.90. The molecule has 1 aliphatic rings. The summed E-state index contributed by atoms with van der Waals surface area (Å²) in [5.74, 6) is -0.728. The molecule has 0 spiro atoms. The number of carbonyl (C=O) groups excluding carboxylic acids is 3. The van der Waals surface area contributed by atoms with Crippen molar-refractivity contribution in [2.24, 2.45) is 16.8 Å². The lowest BCUT2D eigenvalue weighted by Crippen LogP contribution is -2.41. The molecule has 10 nitrogen and oxygen atoms in total. The normalized spacial score (nSPS) is 15.9. The number of hydrogen-bond donors (Lipinski definition) is 4. The fraction of sp³-hybridized carbons (Fsp3) is 0.438. The average molecular weight is 397 g/mol. The highest BCUT2D eigenvalue weighted by Gasteiger charge is 2.25. The van der Waals surface area contributed by atoms with Gasteiger partial charge in [-0.05, 0) is 50.2 Å². The quantitative estimate of drug-likeness (QED) is 0.508. The van der Waals surface area contributed by atoms with Gasteiger partial charge in [-0.3, -0.25) is 14.9 Å². The summed E-state index contributed by atoms with van der Waals surface area (Å²) in [6.07, 6.45) is 1.44. The third-order valence-corrected chi connectivity index (χ3v) is 5.26. The predicted molar refractivity (Wildman–Crippen MR) is 98.0 cm³/mol. The Kier molecular flexibility index (Phi) is 6.88. The lowest BCUT2D eigenvalue weighted by molar-refractivity contribution is -0.122. The Hall–Kier alpha value is -2.50. The Balaban J connectivity index is 1.78. The van der Waals surface area contributed by atoms with Crippen LogP contribution < -0.4 is 21.5 Å². The third-order valence-electron chi connectivity index (χ3n) is 4.33. The molecule has 0 unspecified atom stereocenters. The molecule has 0 aliphatic carbocycles. The summed E-state index contributed by atoms with van der Waals surface area (Å²) >= 11 is 0. The van der Waals surface area contributed by atoms with E-state index in [9.17, 15) is 22.8 Å². The molecule has 1 aromatic carbocycles. The van der Waals surface area contributed by atoms with Gasteiger partial charge in [0, 0.05) is 24.6 Å². The Morgan fingerprint density at radius 2 is 1.70 bits per heavy atom. The van der Waals surface area contributed by atoms with E-state index in [4.69, 9.17) is 10.9 Å². The summed E-state index contributed by atoms with van der Waals surface area (Å²) < 4.78 is 22.5. The zero-order chi connectivity index (χ0) is 20.0. The summed E-state index contributed by atoms with van der Waals surface area (Å²) in [6, 6.07) is 4.79. The van der Waals surface area contributed by atoms with E-state index in [2.05, 4.69) is 5.32 Å². The van der Waals surface area contributed by atoms with Crippen LogP contribution in [0.5, 0.6) is 0 Å². The first-order valence-corrected chi connectivity index (χ1v) is 9.95. The standard InChI is InChI=1S/C16H23N5O5S/c17-16(24)20-14(22)7-10-21-8-5-11(6-9-21)15(23)19-12-1-3-13(4-2-12)27(18,25)26/h1-4,11H,5-10H2,(H,19,23)(H2,18,25,26)(H3,17,20,22,24). The number of nitrogens with zero attached hydrogens (tertiary/aromatic N) is 1. The molecule has 2 rings (SSSR count). The Bertz CT molecular complexity index is 801. The van der Waals surface area contributed by atoms with Crippen molar-refractivity contribution in [1.29, 1.82) is 0 Å². The van der Waals surface area contributed by atoms with Crippen molar-refractivity contribution in [1.82, 2.24) is 10.2 Å². The molecular weight excluding hydrogens is 374 g/mol. The van der Waals surface area contributed by atoms with E-state index in [0.717, 1.165) is 0 Å². The van der Waals surface area contributed by atoms with Gasteiger partial charge in [-0.2, -0.15) is 0 Å². The summed E-state index contributed by atoms with van der Waals surface area (Å²) in [5, 5.41) is 9.82. The van der Waals surface area contributed by atoms with Crippen molar-refractivity contribution in [2.45, 2.75) is 24.2 Å². The number of sulfonamides is 1. The second-order valence-electron chi connectivity index (χ2n) is 6.34. The number of piperidine rings is 1. The number of carbonyl (C=O) groups is 3. The number of likely N-dealkylation sites (tertiary alicyclic amines) is 1. The van der Waals surface area contributed by atoms with Crippen LogP contribution in [0.2, 0.25) is 0 Å². The smallest absolute Gasteiger partial charge is 0.318 e. The molecule has 27 heavy (non-hydrogen) atoms. The van der Waals surface area contributed by atoms with Crippen LogP contribution in [0.15, 0.2) is 29.2 Å². The van der Waals surface area contributed by atoms with E-state index < -0.39 is 22.0 Å². The lowest BCUT2D eigenvalue weighted by atomic mass is 9.95. The van der Waals surface area contributed by atoms with E-state index in [0.29, 0.717) is 38.2 Å². The minimum Gasteiger partial charge on any atom is -0.351 e. The number of hydrogen-bond acceptors (Lipinski definition) is 6. The summed E-state index contributed by atoms with van der Waals surface area (Å²) in [6.45, 7) is 1.81. The number of rotatable bonds is 6. The van der Waals surface area contributed by atoms with Crippen LogP contribution >= 0.6 is 0 Å². The van der Waals surface area contributed by atoms with E-state index in [-0.39, 0.29) is 23.1 Å². The lowest BCUT2D eigenvalue weighted by Gasteiger charge is -2.31. The van der Waals surface area contributed by atoms with Gasteiger partial charge < -0.3 is 16.0 Å². The summed E-state index contributed by atoms with van der Waals surface area (Å²) in [4.78, 5) is 36.4. The molecule has 0 bridgehead atoms. The fourth-order valence-corrected chi connectivity index (χ4v) is 3.37. The summed E-state index contributed by atoms with van der Waals surface area (Å²) in [5.41, 5.74) is 5.38. The number of benzene rings is 1. The van der Waals surface area contributed by atoms with Gasteiger partial charge in [-0.1, -0.05) is 0 Å². The first-order chi connectivity index (χ1) is 12.6. The molecule has 0 atom stereocenters. The SMILES string of the molecule is NC(=O)NC(=O)CCN1CCC(C(=O)Nc2ccc(S(N)(=O)=O)cc2)CC1. The number of amides is 4. The van der Waals surface area contributed by atoms with E-state index >= 15 is 0 Å². The average Bonchev–Trinajstić information content (AvgIpc) is 2.59. The van der Waals surface area contributed by atoms with Crippen LogP contribution in [0.3, 0.4) is 0 Å². The monoisotopic (exact) mass is 397 g/mol. The minimum absolute atomic E-state index is 0.0193. The first kappa shape index (κ1) is 20.8. The molecule has 11 heteroatoms. The van der Waals surface area contributed by atoms with Gasteiger partial charge in [0.25, 0.3) is 0 Å². The van der Waals surface area contributed by atoms with Gasteiger partial charge in [-0.25, -0.2) is 18.4 Å². The van der Waals surface area contributed by atoms with Crippen LogP contribution in [0.25, 0.3) is 0 Å². The number of urea groups is 1. The van der Waals surface area contributed by atoms with Gasteiger partial charge in [0.15, 0.2) is 0 Å². The Morgan fingerprint density at radius 3 is 2.22 bits per heavy atom. The molecule has 0 radical (unpaired) electrons. The second kappa shape index (κ2) is 8.93. The zero-order valence-electron chi connectivity index (χ0n) is 14.7. The molecule has 0 saturated carbocycles. The summed E-state index contributed by atoms with van der Waals surface area (Å²) in [7, 11) is -3.77. The van der Waals surface area contributed by atoms with Gasteiger partial charge in [-0.15, -0.1) is 0 Å². The first-order valence-electron chi connectivity index (χ1n) is 8.40. The molecule has 6 N–H and O–H groups in total. The number of anilines is 1. The molecule has 1 aliphatic heterocycles. The van der Waals surface area contributed by atoms with Gasteiger partial charge >= 0.3 is 6.03 Å². The molecule has 148 valence electrons. The zero-order valence-corrected chi connectivity index (χ0v) is 15.5. The van der Waals surface area contributed by atoms with Crippen molar-refractivity contribution >= 4 is 33.6 Å². The van der Waals surface area contributed by atoms with Crippen LogP contribution in [0.4, 0.5) is 10.5 Å².